The second kappa shape index (κ2) is 6.33. The molecule has 98 valence electrons. The largest absolute Gasteiger partial charge is 0.376 e. The summed E-state index contributed by atoms with van der Waals surface area (Å²) < 4.78 is 10.6. The molecule has 2 aliphatic rings. The SMILES string of the molecule is C[C@H](NC(=O)[C@@H]1COCCO1)[C@H]1CCCCN1. The summed E-state index contributed by atoms with van der Waals surface area (Å²) in [5, 5.41) is 6.45. The van der Waals surface area contributed by atoms with Crippen LogP contribution in [0.1, 0.15) is 26.2 Å². The Hall–Kier alpha value is -0.650. The molecule has 17 heavy (non-hydrogen) atoms. The van der Waals surface area contributed by atoms with E-state index in [0.717, 1.165) is 13.0 Å². The van der Waals surface area contributed by atoms with Crippen LogP contribution in [0.3, 0.4) is 0 Å². The number of rotatable bonds is 3. The van der Waals surface area contributed by atoms with Crippen LogP contribution in [0.2, 0.25) is 0 Å². The second-order valence-corrected chi connectivity index (χ2v) is 4.79. The van der Waals surface area contributed by atoms with E-state index < -0.39 is 6.10 Å². The fourth-order valence-electron chi connectivity index (χ4n) is 2.36. The Kier molecular flexibility index (Phi) is 4.76. The monoisotopic (exact) mass is 242 g/mol. The van der Waals surface area contributed by atoms with Crippen molar-refractivity contribution in [3.8, 4) is 0 Å². The molecule has 3 atom stereocenters. The summed E-state index contributed by atoms with van der Waals surface area (Å²) in [4.78, 5) is 11.9. The molecule has 0 saturated carbocycles. The average Bonchev–Trinajstić information content (AvgIpc) is 2.40. The minimum absolute atomic E-state index is 0.0513. The normalized spacial score (nSPS) is 31.8. The first-order valence-electron chi connectivity index (χ1n) is 6.50. The van der Waals surface area contributed by atoms with E-state index in [1.165, 1.54) is 12.8 Å². The number of amides is 1. The van der Waals surface area contributed by atoms with Gasteiger partial charge in [0.05, 0.1) is 19.8 Å². The fourth-order valence-corrected chi connectivity index (χ4v) is 2.36. The smallest absolute Gasteiger partial charge is 0.251 e. The topological polar surface area (TPSA) is 59.6 Å². The molecular formula is C12H22N2O3. The number of nitrogens with one attached hydrogen (secondary N) is 2. The van der Waals surface area contributed by atoms with Crippen LogP contribution in [0.25, 0.3) is 0 Å². The molecule has 5 nitrogen and oxygen atoms in total. The van der Waals surface area contributed by atoms with Gasteiger partial charge in [0, 0.05) is 12.1 Å². The van der Waals surface area contributed by atoms with Gasteiger partial charge in [-0.25, -0.2) is 0 Å². The van der Waals surface area contributed by atoms with Gasteiger partial charge in [0.1, 0.15) is 0 Å². The Morgan fingerprint density at radius 3 is 2.94 bits per heavy atom. The van der Waals surface area contributed by atoms with E-state index in [1.54, 1.807) is 0 Å². The van der Waals surface area contributed by atoms with Crippen molar-refractivity contribution in [3.63, 3.8) is 0 Å². The van der Waals surface area contributed by atoms with Gasteiger partial charge in [0.15, 0.2) is 6.10 Å². The lowest BCUT2D eigenvalue weighted by Gasteiger charge is -2.31. The van der Waals surface area contributed by atoms with Gasteiger partial charge in [-0.15, -0.1) is 0 Å². The van der Waals surface area contributed by atoms with Crippen LogP contribution in [0.15, 0.2) is 0 Å². The maximum atomic E-state index is 11.9. The number of piperidine rings is 1. The fraction of sp³-hybridized carbons (Fsp3) is 0.917. The Morgan fingerprint density at radius 2 is 2.29 bits per heavy atom. The van der Waals surface area contributed by atoms with Gasteiger partial charge >= 0.3 is 0 Å². The summed E-state index contributed by atoms with van der Waals surface area (Å²) in [5.74, 6) is -0.0513. The third kappa shape index (κ3) is 3.66. The number of hydrogen-bond acceptors (Lipinski definition) is 4. The van der Waals surface area contributed by atoms with Gasteiger partial charge in [-0.1, -0.05) is 6.42 Å². The number of hydrogen-bond donors (Lipinski definition) is 2. The standard InChI is InChI=1S/C12H22N2O3/c1-9(10-4-2-3-5-13-10)14-12(15)11-8-16-6-7-17-11/h9-11,13H,2-8H2,1H3,(H,14,15)/t9-,10+,11-/m0/s1. The number of carbonyl (C=O) groups is 1. The second-order valence-electron chi connectivity index (χ2n) is 4.79. The molecule has 0 aliphatic carbocycles. The van der Waals surface area contributed by atoms with Crippen LogP contribution >= 0.6 is 0 Å². The summed E-state index contributed by atoms with van der Waals surface area (Å²) in [7, 11) is 0. The predicted molar refractivity (Wildman–Crippen MR) is 63.8 cm³/mol. The zero-order valence-corrected chi connectivity index (χ0v) is 10.4. The Morgan fingerprint density at radius 1 is 1.41 bits per heavy atom. The van der Waals surface area contributed by atoms with Crippen molar-refractivity contribution < 1.29 is 14.3 Å². The minimum Gasteiger partial charge on any atom is -0.376 e. The van der Waals surface area contributed by atoms with Crippen LogP contribution in [0, 0.1) is 0 Å². The predicted octanol–water partition coefficient (Wildman–Crippen LogP) is 0.0486. The van der Waals surface area contributed by atoms with E-state index in [1.807, 2.05) is 6.92 Å². The molecule has 2 N–H and O–H groups in total. The molecule has 0 aromatic heterocycles. The van der Waals surface area contributed by atoms with Gasteiger partial charge in [-0.2, -0.15) is 0 Å². The van der Waals surface area contributed by atoms with Gasteiger partial charge in [-0.05, 0) is 26.3 Å². The molecule has 0 aromatic rings. The molecule has 0 spiro atoms. The lowest BCUT2D eigenvalue weighted by Crippen LogP contribution is -2.53. The summed E-state index contributed by atoms with van der Waals surface area (Å²) in [6.07, 6.45) is 3.16. The number of ether oxygens (including phenoxy) is 2. The molecule has 0 bridgehead atoms. The minimum atomic E-state index is -0.435. The van der Waals surface area contributed by atoms with Crippen molar-refractivity contribution in [2.45, 2.75) is 44.4 Å². The molecule has 5 heteroatoms. The van der Waals surface area contributed by atoms with Crippen molar-refractivity contribution >= 4 is 5.91 Å². The zero-order chi connectivity index (χ0) is 12.1. The maximum Gasteiger partial charge on any atom is 0.251 e. The molecule has 2 fully saturated rings. The van der Waals surface area contributed by atoms with Crippen LogP contribution in [0.5, 0.6) is 0 Å². The van der Waals surface area contributed by atoms with Gasteiger partial charge in [-0.3, -0.25) is 4.79 Å². The van der Waals surface area contributed by atoms with E-state index in [0.29, 0.717) is 25.9 Å². The lowest BCUT2D eigenvalue weighted by atomic mass is 9.99. The highest BCUT2D eigenvalue weighted by Crippen LogP contribution is 2.11. The van der Waals surface area contributed by atoms with E-state index in [9.17, 15) is 4.79 Å². The van der Waals surface area contributed by atoms with E-state index in [4.69, 9.17) is 9.47 Å². The molecule has 2 aliphatic heterocycles. The average molecular weight is 242 g/mol. The maximum absolute atomic E-state index is 11.9. The Labute approximate surface area is 102 Å². The third-order valence-corrected chi connectivity index (χ3v) is 3.43. The van der Waals surface area contributed by atoms with E-state index in [-0.39, 0.29) is 11.9 Å². The van der Waals surface area contributed by atoms with E-state index >= 15 is 0 Å². The molecule has 0 unspecified atom stereocenters. The first-order valence-corrected chi connectivity index (χ1v) is 6.50. The van der Waals surface area contributed by atoms with Crippen molar-refractivity contribution in [3.05, 3.63) is 0 Å². The molecule has 2 rings (SSSR count). The van der Waals surface area contributed by atoms with Crippen LogP contribution < -0.4 is 10.6 Å². The summed E-state index contributed by atoms with van der Waals surface area (Å²) in [6, 6.07) is 0.533. The Bertz CT molecular complexity index is 248. The van der Waals surface area contributed by atoms with Crippen molar-refractivity contribution in [2.75, 3.05) is 26.4 Å². The van der Waals surface area contributed by atoms with Gasteiger partial charge in [0.25, 0.3) is 5.91 Å². The highest BCUT2D eigenvalue weighted by Gasteiger charge is 2.26. The van der Waals surface area contributed by atoms with Crippen LogP contribution in [-0.2, 0) is 14.3 Å². The summed E-state index contributed by atoms with van der Waals surface area (Å²) >= 11 is 0. The molecule has 2 saturated heterocycles. The molecule has 0 radical (unpaired) electrons. The zero-order valence-electron chi connectivity index (χ0n) is 10.4. The third-order valence-electron chi connectivity index (χ3n) is 3.43. The van der Waals surface area contributed by atoms with Crippen LogP contribution in [0.4, 0.5) is 0 Å². The van der Waals surface area contributed by atoms with Crippen molar-refractivity contribution in [2.24, 2.45) is 0 Å². The summed E-state index contributed by atoms with van der Waals surface area (Å²) in [5.41, 5.74) is 0. The molecule has 0 aromatic carbocycles. The quantitative estimate of drug-likeness (QED) is 0.734. The molecule has 2 heterocycles. The van der Waals surface area contributed by atoms with Crippen LogP contribution in [-0.4, -0.2) is 50.5 Å². The highest BCUT2D eigenvalue weighted by atomic mass is 16.6. The molecular weight excluding hydrogens is 220 g/mol. The lowest BCUT2D eigenvalue weighted by molar-refractivity contribution is -0.148. The number of carbonyl (C=O) groups excluding carboxylic acids is 1. The Balaban J connectivity index is 1.76. The highest BCUT2D eigenvalue weighted by molar-refractivity contribution is 5.81. The first-order chi connectivity index (χ1) is 8.27. The first kappa shape index (κ1) is 12.8. The van der Waals surface area contributed by atoms with Crippen molar-refractivity contribution in [1.29, 1.82) is 0 Å². The van der Waals surface area contributed by atoms with Gasteiger partial charge < -0.3 is 20.1 Å². The molecule has 1 amide bonds. The van der Waals surface area contributed by atoms with Gasteiger partial charge in [0.2, 0.25) is 0 Å². The van der Waals surface area contributed by atoms with E-state index in [2.05, 4.69) is 10.6 Å². The van der Waals surface area contributed by atoms with Crippen molar-refractivity contribution in [1.82, 2.24) is 10.6 Å². The summed E-state index contributed by atoms with van der Waals surface area (Å²) in [6.45, 7) is 4.56.